The third-order valence-electron chi connectivity index (χ3n) is 6.89. The number of Topliss-reactive ketones (excluding diaryl/α,β-unsaturated/α-hetero) is 1. The summed E-state index contributed by atoms with van der Waals surface area (Å²) < 4.78 is 5.76. The first-order valence-electron chi connectivity index (χ1n) is 12.0. The summed E-state index contributed by atoms with van der Waals surface area (Å²) in [5.41, 5.74) is 3.55. The van der Waals surface area contributed by atoms with Crippen molar-refractivity contribution < 1.29 is 19.4 Å². The van der Waals surface area contributed by atoms with Crippen LogP contribution < -0.4 is 4.74 Å². The van der Waals surface area contributed by atoms with Crippen LogP contribution >= 0.6 is 0 Å². The number of aliphatic hydroxyl groups excluding tert-OH is 1. The molecule has 1 atom stereocenters. The fraction of sp³-hybridized carbons (Fsp3) is 0.429. The van der Waals surface area contributed by atoms with E-state index in [-0.39, 0.29) is 23.3 Å². The Kier molecular flexibility index (Phi) is 6.59. The molecule has 1 saturated carbocycles. The van der Waals surface area contributed by atoms with Crippen LogP contribution in [0.25, 0.3) is 5.76 Å². The maximum atomic E-state index is 13.3. The lowest BCUT2D eigenvalue weighted by molar-refractivity contribution is -0.141. The van der Waals surface area contributed by atoms with E-state index in [1.165, 1.54) is 0 Å². The summed E-state index contributed by atoms with van der Waals surface area (Å²) in [5.74, 6) is -0.287. The monoisotopic (exact) mass is 447 g/mol. The van der Waals surface area contributed by atoms with Crippen molar-refractivity contribution in [2.24, 2.45) is 0 Å². The molecule has 0 bridgehead atoms. The maximum absolute atomic E-state index is 13.3. The zero-order valence-corrected chi connectivity index (χ0v) is 19.9. The van der Waals surface area contributed by atoms with Crippen molar-refractivity contribution >= 4 is 17.4 Å². The van der Waals surface area contributed by atoms with Crippen LogP contribution in [-0.4, -0.2) is 34.3 Å². The van der Waals surface area contributed by atoms with Gasteiger partial charge >= 0.3 is 0 Å². The van der Waals surface area contributed by atoms with Gasteiger partial charge in [0, 0.05) is 11.6 Å². The molecule has 0 aromatic heterocycles. The van der Waals surface area contributed by atoms with Crippen LogP contribution in [0.5, 0.6) is 5.75 Å². The van der Waals surface area contributed by atoms with Crippen LogP contribution in [0.3, 0.4) is 0 Å². The first kappa shape index (κ1) is 23.1. The molecule has 33 heavy (non-hydrogen) atoms. The van der Waals surface area contributed by atoms with Gasteiger partial charge in [0.25, 0.3) is 11.7 Å². The molecular formula is C28H33NO4. The normalized spacial score (nSPS) is 20.8. The van der Waals surface area contributed by atoms with Gasteiger partial charge in [-0.2, -0.15) is 0 Å². The first-order valence-corrected chi connectivity index (χ1v) is 12.0. The number of carbonyl (C=O) groups is 2. The third-order valence-corrected chi connectivity index (χ3v) is 6.89. The van der Waals surface area contributed by atoms with Gasteiger partial charge in [0.2, 0.25) is 0 Å². The number of ketones is 1. The summed E-state index contributed by atoms with van der Waals surface area (Å²) in [6, 6.07) is 12.7. The SMILES string of the molecule is CCOc1ccc(/C(O)=C2\C(=O)C(=O)N(C3CCCC3)C2c2ccccc2C)cc1C(C)C. The van der Waals surface area contributed by atoms with Crippen molar-refractivity contribution in [2.75, 3.05) is 6.61 Å². The minimum absolute atomic E-state index is 0.0166. The van der Waals surface area contributed by atoms with Crippen LogP contribution in [-0.2, 0) is 9.59 Å². The zero-order chi connectivity index (χ0) is 23.7. The summed E-state index contributed by atoms with van der Waals surface area (Å²) in [7, 11) is 0. The lowest BCUT2D eigenvalue weighted by atomic mass is 9.91. The van der Waals surface area contributed by atoms with Gasteiger partial charge in [-0.05, 0) is 67.5 Å². The van der Waals surface area contributed by atoms with Crippen molar-refractivity contribution in [2.45, 2.75) is 71.4 Å². The number of hydrogen-bond acceptors (Lipinski definition) is 4. The number of amides is 1. The second-order valence-electron chi connectivity index (χ2n) is 9.34. The van der Waals surface area contributed by atoms with Crippen molar-refractivity contribution in [1.82, 2.24) is 4.90 Å². The Morgan fingerprint density at radius 3 is 2.45 bits per heavy atom. The van der Waals surface area contributed by atoms with Crippen molar-refractivity contribution in [3.8, 4) is 5.75 Å². The van der Waals surface area contributed by atoms with E-state index >= 15 is 0 Å². The van der Waals surface area contributed by atoms with Gasteiger partial charge in [0.15, 0.2) is 0 Å². The van der Waals surface area contributed by atoms with E-state index in [4.69, 9.17) is 4.74 Å². The highest BCUT2D eigenvalue weighted by molar-refractivity contribution is 6.46. The second-order valence-corrected chi connectivity index (χ2v) is 9.34. The standard InChI is InChI=1S/C28H33NO4/c1-5-33-23-15-14-19(16-22(23)17(2)3)26(30)24-25(21-13-9-6-10-18(21)4)29(28(32)27(24)31)20-11-7-8-12-20/h6,9-10,13-17,20,25,30H,5,7-8,11-12H2,1-4H3/b26-24+. The number of aryl methyl sites for hydroxylation is 1. The number of ether oxygens (including phenoxy) is 1. The molecule has 1 aliphatic carbocycles. The van der Waals surface area contributed by atoms with Crippen molar-refractivity contribution in [3.05, 3.63) is 70.3 Å². The number of nitrogens with zero attached hydrogens (tertiary/aromatic N) is 1. The lowest BCUT2D eigenvalue weighted by Gasteiger charge is -2.31. The smallest absolute Gasteiger partial charge is 0.295 e. The van der Waals surface area contributed by atoms with Gasteiger partial charge in [-0.1, -0.05) is 51.0 Å². The Labute approximate surface area is 196 Å². The van der Waals surface area contributed by atoms with E-state index < -0.39 is 17.7 Å². The summed E-state index contributed by atoms with van der Waals surface area (Å²) in [6.07, 6.45) is 3.86. The van der Waals surface area contributed by atoms with Gasteiger partial charge in [-0.25, -0.2) is 0 Å². The molecule has 1 N–H and O–H groups in total. The van der Waals surface area contributed by atoms with Gasteiger partial charge in [0.05, 0.1) is 18.2 Å². The number of carbonyl (C=O) groups excluding carboxylic acids is 2. The van der Waals surface area contributed by atoms with Crippen LogP contribution in [0.2, 0.25) is 0 Å². The summed E-state index contributed by atoms with van der Waals surface area (Å²) in [6.45, 7) is 8.59. The average Bonchev–Trinajstić information content (AvgIpc) is 3.41. The highest BCUT2D eigenvalue weighted by atomic mass is 16.5. The number of rotatable bonds is 6. The topological polar surface area (TPSA) is 66.8 Å². The van der Waals surface area contributed by atoms with Crippen molar-refractivity contribution in [1.29, 1.82) is 0 Å². The van der Waals surface area contributed by atoms with Crippen LogP contribution in [0.1, 0.15) is 80.7 Å². The Bertz CT molecular complexity index is 1090. The molecule has 2 aromatic carbocycles. The maximum Gasteiger partial charge on any atom is 0.295 e. The molecular weight excluding hydrogens is 414 g/mol. The van der Waals surface area contributed by atoms with E-state index in [9.17, 15) is 14.7 Å². The molecule has 1 aliphatic heterocycles. The van der Waals surface area contributed by atoms with Crippen molar-refractivity contribution in [3.63, 3.8) is 0 Å². The van der Waals surface area contributed by atoms with E-state index in [1.54, 1.807) is 11.0 Å². The molecule has 0 radical (unpaired) electrons. The predicted octanol–water partition coefficient (Wildman–Crippen LogP) is 5.88. The van der Waals surface area contributed by atoms with Gasteiger partial charge in [-0.15, -0.1) is 0 Å². The molecule has 1 amide bonds. The number of hydrogen-bond donors (Lipinski definition) is 1. The number of likely N-dealkylation sites (tertiary alicyclic amines) is 1. The molecule has 1 saturated heterocycles. The summed E-state index contributed by atoms with van der Waals surface area (Å²) >= 11 is 0. The summed E-state index contributed by atoms with van der Waals surface area (Å²) in [4.78, 5) is 28.3. The molecule has 2 fully saturated rings. The van der Waals surface area contributed by atoms with E-state index in [1.807, 2.05) is 50.2 Å². The van der Waals surface area contributed by atoms with Crippen LogP contribution in [0.4, 0.5) is 0 Å². The molecule has 1 unspecified atom stereocenters. The molecule has 4 rings (SSSR count). The first-order chi connectivity index (χ1) is 15.8. The predicted molar refractivity (Wildman–Crippen MR) is 129 cm³/mol. The van der Waals surface area contributed by atoms with Crippen LogP contribution in [0.15, 0.2) is 48.0 Å². The molecule has 5 heteroatoms. The average molecular weight is 448 g/mol. The Hall–Kier alpha value is -3.08. The molecule has 2 aliphatic rings. The van der Waals surface area contributed by atoms with Gasteiger partial charge in [0.1, 0.15) is 11.5 Å². The highest BCUT2D eigenvalue weighted by Crippen LogP contribution is 2.44. The number of aliphatic hydroxyl groups is 1. The Morgan fingerprint density at radius 2 is 1.82 bits per heavy atom. The highest BCUT2D eigenvalue weighted by Gasteiger charge is 2.49. The number of benzene rings is 2. The van der Waals surface area contributed by atoms with E-state index in [2.05, 4.69) is 13.8 Å². The molecule has 174 valence electrons. The fourth-order valence-corrected chi connectivity index (χ4v) is 5.20. The minimum Gasteiger partial charge on any atom is -0.507 e. The molecule has 0 spiro atoms. The van der Waals surface area contributed by atoms with Gasteiger partial charge in [-0.3, -0.25) is 9.59 Å². The summed E-state index contributed by atoms with van der Waals surface area (Å²) in [5, 5.41) is 11.5. The van der Waals surface area contributed by atoms with Crippen LogP contribution in [0, 0.1) is 6.92 Å². The molecule has 2 aromatic rings. The largest absolute Gasteiger partial charge is 0.507 e. The minimum atomic E-state index is -0.604. The Morgan fingerprint density at radius 1 is 1.12 bits per heavy atom. The van der Waals surface area contributed by atoms with Gasteiger partial charge < -0.3 is 14.7 Å². The molecule has 5 nitrogen and oxygen atoms in total. The molecule has 1 heterocycles. The van der Waals surface area contributed by atoms with E-state index in [0.29, 0.717) is 12.2 Å². The van der Waals surface area contributed by atoms with E-state index in [0.717, 1.165) is 48.1 Å². The second kappa shape index (κ2) is 9.42. The fourth-order valence-electron chi connectivity index (χ4n) is 5.20. The lowest BCUT2D eigenvalue weighted by Crippen LogP contribution is -2.37. The zero-order valence-electron chi connectivity index (χ0n) is 19.9. The Balaban J connectivity index is 1.89. The quantitative estimate of drug-likeness (QED) is 0.341. The third kappa shape index (κ3) is 4.17.